The van der Waals surface area contributed by atoms with Gasteiger partial charge >= 0.3 is 0 Å². The first-order valence-corrected chi connectivity index (χ1v) is 16.1. The fourth-order valence-corrected chi connectivity index (χ4v) is 6.79. The van der Waals surface area contributed by atoms with Gasteiger partial charge in [-0.15, -0.1) is 0 Å². The van der Waals surface area contributed by atoms with E-state index in [0.717, 1.165) is 30.0 Å². The molecule has 0 radical (unpaired) electrons. The summed E-state index contributed by atoms with van der Waals surface area (Å²) in [5.41, 5.74) is 0.917. The molecular weight excluding hydrogens is 613 g/mol. The van der Waals surface area contributed by atoms with E-state index in [1.165, 1.54) is 37.3 Å². The van der Waals surface area contributed by atoms with Crippen LogP contribution in [0.1, 0.15) is 38.2 Å². The van der Waals surface area contributed by atoms with Crippen molar-refractivity contribution in [1.82, 2.24) is 10.2 Å². The molecule has 1 unspecified atom stereocenters. The Bertz CT molecular complexity index is 1550. The molecule has 0 bridgehead atoms. The highest BCUT2D eigenvalue weighted by molar-refractivity contribution is 7.92. The summed E-state index contributed by atoms with van der Waals surface area (Å²) in [4.78, 5) is 28.7. The normalized spacial score (nSPS) is 14.2. The van der Waals surface area contributed by atoms with Crippen molar-refractivity contribution in [2.75, 3.05) is 25.1 Å². The van der Waals surface area contributed by atoms with Gasteiger partial charge in [-0.3, -0.25) is 13.9 Å². The van der Waals surface area contributed by atoms with Gasteiger partial charge in [-0.1, -0.05) is 60.3 Å². The van der Waals surface area contributed by atoms with Gasteiger partial charge in [0.2, 0.25) is 11.8 Å². The molecule has 1 fully saturated rings. The molecule has 12 heteroatoms. The summed E-state index contributed by atoms with van der Waals surface area (Å²) in [5, 5.41) is 3.70. The monoisotopic (exact) mass is 647 g/mol. The van der Waals surface area contributed by atoms with Crippen LogP contribution in [0.15, 0.2) is 71.6 Å². The lowest BCUT2D eigenvalue weighted by Crippen LogP contribution is -2.52. The number of hydrogen-bond donors (Lipinski definition) is 1. The highest BCUT2D eigenvalue weighted by atomic mass is 35.5. The number of sulfonamides is 1. The summed E-state index contributed by atoms with van der Waals surface area (Å²) in [6.07, 6.45) is 3.83. The Balaban J connectivity index is 1.70. The molecule has 3 aromatic carbocycles. The van der Waals surface area contributed by atoms with Crippen LogP contribution in [0.25, 0.3) is 0 Å². The third-order valence-electron chi connectivity index (χ3n) is 7.47. The molecule has 1 N–H and O–H groups in total. The molecular formula is C31H35Cl2N3O6S. The summed E-state index contributed by atoms with van der Waals surface area (Å²) in [5.74, 6) is -0.303. The average molecular weight is 649 g/mol. The van der Waals surface area contributed by atoms with Crippen molar-refractivity contribution in [1.29, 1.82) is 0 Å². The van der Waals surface area contributed by atoms with E-state index >= 15 is 0 Å². The third kappa shape index (κ3) is 7.74. The minimum atomic E-state index is -4.28. The van der Waals surface area contributed by atoms with Crippen LogP contribution in [-0.4, -0.2) is 58.0 Å². The number of rotatable bonds is 12. The van der Waals surface area contributed by atoms with Gasteiger partial charge in [0.15, 0.2) is 11.5 Å². The van der Waals surface area contributed by atoms with Crippen LogP contribution in [0.5, 0.6) is 11.5 Å². The number of carbonyl (C=O) groups is 2. The minimum absolute atomic E-state index is 0.00795. The van der Waals surface area contributed by atoms with Crippen molar-refractivity contribution in [3.63, 3.8) is 0 Å². The molecule has 4 rings (SSSR count). The van der Waals surface area contributed by atoms with Gasteiger partial charge < -0.3 is 19.7 Å². The average Bonchev–Trinajstić information content (AvgIpc) is 3.52. The molecule has 0 aromatic heterocycles. The second kappa shape index (κ2) is 14.3. The van der Waals surface area contributed by atoms with Crippen molar-refractivity contribution in [3.8, 4) is 11.5 Å². The number of nitrogens with one attached hydrogen (secondary N) is 1. The van der Waals surface area contributed by atoms with E-state index in [4.69, 9.17) is 32.7 Å². The maximum atomic E-state index is 14.1. The van der Waals surface area contributed by atoms with Crippen LogP contribution < -0.4 is 19.1 Å². The van der Waals surface area contributed by atoms with Crippen molar-refractivity contribution in [2.45, 2.75) is 56.1 Å². The predicted molar refractivity (Wildman–Crippen MR) is 167 cm³/mol. The van der Waals surface area contributed by atoms with Crippen LogP contribution in [-0.2, 0) is 26.2 Å². The number of halogens is 2. The zero-order valence-corrected chi connectivity index (χ0v) is 26.6. The van der Waals surface area contributed by atoms with Crippen molar-refractivity contribution in [3.05, 3.63) is 82.3 Å². The number of amides is 2. The number of para-hydroxylation sites is 1. The molecule has 230 valence electrons. The van der Waals surface area contributed by atoms with Crippen molar-refractivity contribution >= 4 is 50.7 Å². The van der Waals surface area contributed by atoms with E-state index in [-0.39, 0.29) is 34.8 Å². The van der Waals surface area contributed by atoms with Crippen molar-refractivity contribution < 1.29 is 27.5 Å². The number of benzene rings is 3. The van der Waals surface area contributed by atoms with E-state index < -0.39 is 28.5 Å². The molecule has 3 aromatic rings. The van der Waals surface area contributed by atoms with Gasteiger partial charge in [-0.05, 0) is 61.7 Å². The highest BCUT2D eigenvalue weighted by Crippen LogP contribution is 2.32. The lowest BCUT2D eigenvalue weighted by atomic mass is 10.1. The van der Waals surface area contributed by atoms with Crippen LogP contribution in [0, 0.1) is 0 Å². The first-order valence-electron chi connectivity index (χ1n) is 13.9. The van der Waals surface area contributed by atoms with Gasteiger partial charge in [-0.25, -0.2) is 8.42 Å². The largest absolute Gasteiger partial charge is 0.493 e. The highest BCUT2D eigenvalue weighted by Gasteiger charge is 2.33. The van der Waals surface area contributed by atoms with Crippen LogP contribution >= 0.6 is 23.2 Å². The topological polar surface area (TPSA) is 105 Å². The molecule has 1 aliphatic carbocycles. The van der Waals surface area contributed by atoms with Gasteiger partial charge in [0.05, 0.1) is 34.8 Å². The van der Waals surface area contributed by atoms with Crippen molar-refractivity contribution in [2.24, 2.45) is 0 Å². The number of anilines is 1. The van der Waals surface area contributed by atoms with Gasteiger partial charge in [-0.2, -0.15) is 0 Å². The molecule has 0 saturated heterocycles. The van der Waals surface area contributed by atoms with Gasteiger partial charge in [0.25, 0.3) is 10.0 Å². The van der Waals surface area contributed by atoms with E-state index in [0.29, 0.717) is 21.4 Å². The number of hydrogen-bond acceptors (Lipinski definition) is 6. The maximum absolute atomic E-state index is 14.1. The van der Waals surface area contributed by atoms with Crippen LogP contribution in [0.3, 0.4) is 0 Å². The Hall–Kier alpha value is -3.47. The summed E-state index contributed by atoms with van der Waals surface area (Å²) in [7, 11) is -1.42. The molecule has 0 aliphatic heterocycles. The standard InChI is InChI=1S/C31H35Cl2N3O6S/c1-21(31(38)34-23-9-7-8-10-23)35(19-22-13-15-26(32)27(33)17-22)30(37)20-36(24-11-5-4-6-12-24)43(39,40)25-14-16-28(41-2)29(18-25)42-3/h4-6,11-18,21,23H,7-10,19-20H2,1-3H3,(H,34,38). The van der Waals surface area contributed by atoms with Crippen LogP contribution in [0.2, 0.25) is 10.0 Å². The molecule has 2 amide bonds. The minimum Gasteiger partial charge on any atom is -0.493 e. The van der Waals surface area contributed by atoms with E-state index in [9.17, 15) is 18.0 Å². The lowest BCUT2D eigenvalue weighted by Gasteiger charge is -2.32. The summed E-state index contributed by atoms with van der Waals surface area (Å²) < 4.78 is 39.8. The summed E-state index contributed by atoms with van der Waals surface area (Å²) in [6, 6.07) is 16.6. The second-order valence-electron chi connectivity index (χ2n) is 10.3. The fraction of sp³-hybridized carbons (Fsp3) is 0.355. The second-order valence-corrected chi connectivity index (χ2v) is 13.0. The molecule has 1 aliphatic rings. The maximum Gasteiger partial charge on any atom is 0.264 e. The van der Waals surface area contributed by atoms with E-state index in [1.807, 2.05) is 0 Å². The Morgan fingerprint density at radius 1 is 0.930 bits per heavy atom. The summed E-state index contributed by atoms with van der Waals surface area (Å²) >= 11 is 12.4. The Morgan fingerprint density at radius 3 is 2.23 bits per heavy atom. The van der Waals surface area contributed by atoms with Crippen LogP contribution in [0.4, 0.5) is 5.69 Å². The van der Waals surface area contributed by atoms with E-state index in [2.05, 4.69) is 5.32 Å². The fourth-order valence-electron chi connectivity index (χ4n) is 5.04. The molecule has 1 atom stereocenters. The van der Waals surface area contributed by atoms with E-state index in [1.54, 1.807) is 55.5 Å². The first-order chi connectivity index (χ1) is 20.5. The number of ether oxygens (including phenoxy) is 2. The Morgan fingerprint density at radius 2 is 1.60 bits per heavy atom. The lowest BCUT2D eigenvalue weighted by molar-refractivity contribution is -0.139. The molecule has 43 heavy (non-hydrogen) atoms. The zero-order valence-electron chi connectivity index (χ0n) is 24.3. The zero-order chi connectivity index (χ0) is 31.1. The molecule has 0 spiro atoms. The Kier molecular flexibility index (Phi) is 10.8. The number of carbonyl (C=O) groups excluding carboxylic acids is 2. The predicted octanol–water partition coefficient (Wildman–Crippen LogP) is 5.68. The molecule has 9 nitrogen and oxygen atoms in total. The van der Waals surface area contributed by atoms with Gasteiger partial charge in [0, 0.05) is 18.7 Å². The first kappa shape index (κ1) is 32.4. The third-order valence-corrected chi connectivity index (χ3v) is 9.98. The Labute approximate surface area is 262 Å². The molecule has 1 saturated carbocycles. The summed E-state index contributed by atoms with van der Waals surface area (Å²) in [6.45, 7) is 1.08. The quantitative estimate of drug-likeness (QED) is 0.271. The van der Waals surface area contributed by atoms with Gasteiger partial charge in [0.1, 0.15) is 12.6 Å². The smallest absolute Gasteiger partial charge is 0.264 e. The number of nitrogens with zero attached hydrogens (tertiary/aromatic N) is 2. The SMILES string of the molecule is COc1ccc(S(=O)(=O)N(CC(=O)N(Cc2ccc(Cl)c(Cl)c2)C(C)C(=O)NC2CCCC2)c2ccccc2)cc1OC. The molecule has 0 heterocycles. The number of methoxy groups -OCH3 is 2.